The van der Waals surface area contributed by atoms with Crippen LogP contribution in [-0.4, -0.2) is 72.5 Å². The molecule has 0 aliphatic rings. The topological polar surface area (TPSA) is 241 Å². The number of guanidine groups is 1. The van der Waals surface area contributed by atoms with Gasteiger partial charge in [0.25, 0.3) is 0 Å². The molecular formula is C23H38N8O5. The van der Waals surface area contributed by atoms with E-state index in [2.05, 4.69) is 20.9 Å². The summed E-state index contributed by atoms with van der Waals surface area (Å²) in [5.74, 6) is -3.11. The molecule has 3 atom stereocenters. The van der Waals surface area contributed by atoms with Crippen LogP contribution in [-0.2, 0) is 25.6 Å². The van der Waals surface area contributed by atoms with Crippen LogP contribution >= 0.6 is 0 Å². The molecule has 1 aromatic rings. The monoisotopic (exact) mass is 506 g/mol. The number of rotatable bonds is 17. The zero-order valence-corrected chi connectivity index (χ0v) is 20.3. The third-order valence-electron chi connectivity index (χ3n) is 5.26. The van der Waals surface area contributed by atoms with Crippen LogP contribution in [0.3, 0.4) is 0 Å². The molecule has 0 heterocycles. The summed E-state index contributed by atoms with van der Waals surface area (Å²) >= 11 is 0. The number of nitrogens with zero attached hydrogens (tertiary/aromatic N) is 1. The molecule has 0 radical (unpaired) electrons. The van der Waals surface area contributed by atoms with Crippen molar-refractivity contribution < 1.29 is 24.3 Å². The third kappa shape index (κ3) is 12.1. The average Bonchev–Trinajstić information content (AvgIpc) is 2.84. The Labute approximate surface area is 210 Å². The summed E-state index contributed by atoms with van der Waals surface area (Å²) in [6, 6.07) is 5.83. The van der Waals surface area contributed by atoms with E-state index in [1.54, 1.807) is 24.3 Å². The molecular weight excluding hydrogens is 468 g/mol. The number of aliphatic carboxylic acids is 1. The van der Waals surface area contributed by atoms with Gasteiger partial charge in [-0.15, -0.1) is 0 Å². The molecule has 1 aromatic carbocycles. The van der Waals surface area contributed by atoms with Gasteiger partial charge in [-0.1, -0.05) is 30.3 Å². The normalized spacial score (nSPS) is 13.1. The Morgan fingerprint density at radius 3 is 2.03 bits per heavy atom. The largest absolute Gasteiger partial charge is 0.480 e. The standard InChI is InChI=1S/C23H38N8O5/c24-11-5-4-9-16(20(33)31-17(22(35)36)10-6-12-28-23(26)27)30-21(34)18(29-19(32)14-25)13-15-7-2-1-3-8-15/h1-3,7-8,16-18H,4-6,9-14,24-25H2,(H,29,32)(H,30,34)(H,31,33)(H,35,36)(H4,26,27,28). The van der Waals surface area contributed by atoms with Crippen LogP contribution in [0.4, 0.5) is 0 Å². The zero-order valence-electron chi connectivity index (χ0n) is 20.3. The van der Waals surface area contributed by atoms with Crippen molar-refractivity contribution in [3.05, 3.63) is 35.9 Å². The second kappa shape index (κ2) is 16.8. The van der Waals surface area contributed by atoms with Gasteiger partial charge in [-0.05, 0) is 44.2 Å². The van der Waals surface area contributed by atoms with E-state index in [0.29, 0.717) is 25.8 Å². The second-order valence-corrected chi connectivity index (χ2v) is 8.21. The van der Waals surface area contributed by atoms with E-state index in [1.807, 2.05) is 6.07 Å². The highest BCUT2D eigenvalue weighted by Crippen LogP contribution is 2.07. The number of carbonyl (C=O) groups is 4. The first-order valence-corrected chi connectivity index (χ1v) is 11.8. The number of carboxylic acid groups (broad SMARTS) is 1. The highest BCUT2D eigenvalue weighted by atomic mass is 16.4. The van der Waals surface area contributed by atoms with E-state index in [0.717, 1.165) is 5.56 Å². The maximum absolute atomic E-state index is 13.1. The lowest BCUT2D eigenvalue weighted by Gasteiger charge is -2.24. The van der Waals surface area contributed by atoms with E-state index in [1.165, 1.54) is 0 Å². The lowest BCUT2D eigenvalue weighted by molar-refractivity contribution is -0.142. The predicted molar refractivity (Wildman–Crippen MR) is 135 cm³/mol. The summed E-state index contributed by atoms with van der Waals surface area (Å²) < 4.78 is 0. The van der Waals surface area contributed by atoms with E-state index in [-0.39, 0.29) is 38.3 Å². The van der Waals surface area contributed by atoms with Crippen LogP contribution in [0.25, 0.3) is 0 Å². The van der Waals surface area contributed by atoms with E-state index in [4.69, 9.17) is 22.9 Å². The van der Waals surface area contributed by atoms with Gasteiger partial charge in [0.1, 0.15) is 18.1 Å². The minimum atomic E-state index is -1.22. The van der Waals surface area contributed by atoms with Crippen molar-refractivity contribution in [1.29, 1.82) is 0 Å². The summed E-state index contributed by atoms with van der Waals surface area (Å²) in [5, 5.41) is 17.2. The Morgan fingerprint density at radius 2 is 1.44 bits per heavy atom. The van der Waals surface area contributed by atoms with Crippen molar-refractivity contribution >= 4 is 29.7 Å². The van der Waals surface area contributed by atoms with Crippen LogP contribution in [0.15, 0.2) is 35.3 Å². The van der Waals surface area contributed by atoms with Gasteiger partial charge in [-0.3, -0.25) is 19.4 Å². The number of nitrogens with two attached hydrogens (primary N) is 4. The van der Waals surface area contributed by atoms with Crippen molar-refractivity contribution in [3.63, 3.8) is 0 Å². The van der Waals surface area contributed by atoms with Crippen LogP contribution < -0.4 is 38.9 Å². The summed E-state index contributed by atoms with van der Waals surface area (Å²) in [6.45, 7) is 0.299. The lowest BCUT2D eigenvalue weighted by Crippen LogP contribution is -2.56. The average molecular weight is 507 g/mol. The Bertz CT molecular complexity index is 877. The minimum absolute atomic E-state index is 0.0878. The van der Waals surface area contributed by atoms with Gasteiger partial charge in [0.2, 0.25) is 17.7 Å². The van der Waals surface area contributed by atoms with Gasteiger partial charge in [0, 0.05) is 13.0 Å². The second-order valence-electron chi connectivity index (χ2n) is 8.21. The number of benzene rings is 1. The molecule has 0 saturated carbocycles. The molecule has 200 valence electrons. The van der Waals surface area contributed by atoms with Crippen molar-refractivity contribution in [1.82, 2.24) is 16.0 Å². The number of aliphatic imine (C=N–C) groups is 1. The van der Waals surface area contributed by atoms with E-state index >= 15 is 0 Å². The van der Waals surface area contributed by atoms with Gasteiger partial charge in [-0.25, -0.2) is 4.79 Å². The molecule has 0 aliphatic carbocycles. The molecule has 0 aromatic heterocycles. The van der Waals surface area contributed by atoms with Crippen LogP contribution in [0.2, 0.25) is 0 Å². The van der Waals surface area contributed by atoms with Crippen LogP contribution in [0.1, 0.15) is 37.7 Å². The molecule has 0 spiro atoms. The molecule has 3 unspecified atom stereocenters. The Balaban J connectivity index is 2.96. The Hall–Kier alpha value is -3.71. The predicted octanol–water partition coefficient (Wildman–Crippen LogP) is -2.09. The number of unbranched alkanes of at least 4 members (excludes halogenated alkanes) is 1. The fourth-order valence-corrected chi connectivity index (χ4v) is 3.38. The maximum Gasteiger partial charge on any atom is 0.326 e. The fourth-order valence-electron chi connectivity index (χ4n) is 3.38. The first-order valence-electron chi connectivity index (χ1n) is 11.8. The number of amides is 3. The highest BCUT2D eigenvalue weighted by Gasteiger charge is 2.29. The van der Waals surface area contributed by atoms with E-state index < -0.39 is 41.8 Å². The van der Waals surface area contributed by atoms with Crippen LogP contribution in [0.5, 0.6) is 0 Å². The summed E-state index contributed by atoms with van der Waals surface area (Å²) in [4.78, 5) is 53.5. The molecule has 12 N–H and O–H groups in total. The third-order valence-corrected chi connectivity index (χ3v) is 5.26. The van der Waals surface area contributed by atoms with Crippen molar-refractivity contribution in [2.45, 2.75) is 56.7 Å². The van der Waals surface area contributed by atoms with Crippen molar-refractivity contribution in [3.8, 4) is 0 Å². The lowest BCUT2D eigenvalue weighted by atomic mass is 10.0. The highest BCUT2D eigenvalue weighted by molar-refractivity contribution is 5.93. The van der Waals surface area contributed by atoms with E-state index in [9.17, 15) is 24.3 Å². The first-order chi connectivity index (χ1) is 17.2. The Kier molecular flexibility index (Phi) is 14.2. The molecule has 0 aliphatic heterocycles. The fraction of sp³-hybridized carbons (Fsp3) is 0.522. The molecule has 1 rings (SSSR count). The quantitative estimate of drug-likeness (QED) is 0.0655. The van der Waals surface area contributed by atoms with Gasteiger partial charge in [0.05, 0.1) is 6.54 Å². The Morgan fingerprint density at radius 1 is 0.833 bits per heavy atom. The molecule has 13 nitrogen and oxygen atoms in total. The molecule has 0 saturated heterocycles. The van der Waals surface area contributed by atoms with Gasteiger partial charge in [0.15, 0.2) is 5.96 Å². The SMILES string of the molecule is NCCCCC(NC(=O)C(Cc1ccccc1)NC(=O)CN)C(=O)NC(CCCN=C(N)N)C(=O)O. The van der Waals surface area contributed by atoms with Gasteiger partial charge >= 0.3 is 5.97 Å². The molecule has 0 fully saturated rings. The number of carboxylic acids is 1. The summed E-state index contributed by atoms with van der Waals surface area (Å²) in [7, 11) is 0. The molecule has 36 heavy (non-hydrogen) atoms. The number of hydrogen-bond donors (Lipinski definition) is 8. The van der Waals surface area contributed by atoms with Crippen molar-refractivity contribution in [2.75, 3.05) is 19.6 Å². The van der Waals surface area contributed by atoms with Gasteiger partial charge in [-0.2, -0.15) is 0 Å². The minimum Gasteiger partial charge on any atom is -0.480 e. The van der Waals surface area contributed by atoms with Crippen molar-refractivity contribution in [2.24, 2.45) is 27.9 Å². The summed E-state index contributed by atoms with van der Waals surface area (Å²) in [6.07, 6.45) is 1.96. The first kappa shape index (κ1) is 30.3. The molecule has 13 heteroatoms. The molecule has 3 amide bonds. The maximum atomic E-state index is 13.1. The zero-order chi connectivity index (χ0) is 26.9. The number of hydrogen-bond acceptors (Lipinski definition) is 7. The van der Waals surface area contributed by atoms with Crippen LogP contribution in [0, 0.1) is 0 Å². The summed E-state index contributed by atoms with van der Waals surface area (Å²) in [5.41, 5.74) is 22.3. The van der Waals surface area contributed by atoms with Gasteiger partial charge < -0.3 is 44.0 Å². The smallest absolute Gasteiger partial charge is 0.326 e. The number of nitrogens with one attached hydrogen (secondary N) is 3. The number of carbonyl (C=O) groups excluding carboxylic acids is 3. The molecule has 0 bridgehead atoms.